The second-order valence-electron chi connectivity index (χ2n) is 6.12. The molecule has 0 N–H and O–H groups in total. The number of carbonyl (C=O) groups is 1. The molecule has 0 radical (unpaired) electrons. The molecule has 6 nitrogen and oxygen atoms in total. The molecule has 0 unspecified atom stereocenters. The number of nitrogens with zero attached hydrogens (tertiary/aromatic N) is 1. The summed E-state index contributed by atoms with van der Waals surface area (Å²) in [6, 6.07) is 4.25. The van der Waals surface area contributed by atoms with Crippen molar-refractivity contribution in [2.45, 2.75) is 38.8 Å². The van der Waals surface area contributed by atoms with E-state index in [0.29, 0.717) is 14.4 Å². The molecule has 1 fully saturated rings. The van der Waals surface area contributed by atoms with Crippen LogP contribution < -0.4 is 0 Å². The van der Waals surface area contributed by atoms with Gasteiger partial charge in [0.05, 0.1) is 22.7 Å². The maximum atomic E-state index is 12.2. The molecule has 9 heteroatoms. The van der Waals surface area contributed by atoms with Crippen LogP contribution in [0.5, 0.6) is 0 Å². The van der Waals surface area contributed by atoms with Crippen LogP contribution >= 0.6 is 23.2 Å². The molecule has 0 aromatic heterocycles. The van der Waals surface area contributed by atoms with Gasteiger partial charge in [-0.25, -0.2) is 4.79 Å². The van der Waals surface area contributed by atoms with Crippen LogP contribution in [0.1, 0.15) is 26.3 Å². The Balaban J connectivity index is 2.23. The third-order valence-corrected chi connectivity index (χ3v) is 5.11. The van der Waals surface area contributed by atoms with E-state index in [1.807, 2.05) is 0 Å². The average Bonchev–Trinajstić information content (AvgIpc) is 2.67. The van der Waals surface area contributed by atoms with Gasteiger partial charge in [0.2, 0.25) is 0 Å². The normalized spacial score (nSPS) is 20.6. The van der Waals surface area contributed by atoms with E-state index < -0.39 is 28.0 Å². The minimum atomic E-state index is -4.15. The second-order valence-corrected chi connectivity index (χ2v) is 8.42. The van der Waals surface area contributed by atoms with Crippen molar-refractivity contribution in [1.82, 2.24) is 4.31 Å². The summed E-state index contributed by atoms with van der Waals surface area (Å²) in [6.07, 6.45) is -0.713. The van der Waals surface area contributed by atoms with Crippen LogP contribution in [0.25, 0.3) is 0 Å². The molecule has 0 saturated carbocycles. The predicted octanol–water partition coefficient (Wildman–Crippen LogP) is 3.42. The van der Waals surface area contributed by atoms with E-state index >= 15 is 0 Å². The third-order valence-electron chi connectivity index (χ3n) is 3.01. The first-order valence-electron chi connectivity index (χ1n) is 6.85. The summed E-state index contributed by atoms with van der Waals surface area (Å²) in [6.45, 7) is 4.83. The Hall–Kier alpha value is -1.02. The van der Waals surface area contributed by atoms with Crippen molar-refractivity contribution in [1.29, 1.82) is 0 Å². The molecule has 1 heterocycles. The zero-order valence-electron chi connectivity index (χ0n) is 12.9. The van der Waals surface area contributed by atoms with Crippen molar-refractivity contribution in [2.24, 2.45) is 0 Å². The number of hydrogen-bond acceptors (Lipinski definition) is 5. The molecule has 1 aromatic carbocycles. The Kier molecular flexibility index (Phi) is 5.15. The van der Waals surface area contributed by atoms with Gasteiger partial charge >= 0.3 is 16.4 Å². The molecule has 128 valence electrons. The third kappa shape index (κ3) is 4.50. The van der Waals surface area contributed by atoms with Gasteiger partial charge in [0.1, 0.15) is 5.60 Å². The Morgan fingerprint density at radius 1 is 1.35 bits per heavy atom. The molecule has 2 rings (SSSR count). The fourth-order valence-electron chi connectivity index (χ4n) is 2.10. The molecule has 1 aromatic rings. The first kappa shape index (κ1) is 18.3. The SMILES string of the molecule is CC(C)(C)OC(=O)N1[C@@H](Cc2ccc(Cl)c(Cl)c2)COS1(=O)=O. The quantitative estimate of drug-likeness (QED) is 0.784. The maximum Gasteiger partial charge on any atom is 0.426 e. The summed E-state index contributed by atoms with van der Waals surface area (Å²) < 4.78 is 34.5. The van der Waals surface area contributed by atoms with E-state index in [9.17, 15) is 13.2 Å². The van der Waals surface area contributed by atoms with E-state index in [1.165, 1.54) is 0 Å². The highest BCUT2D eigenvalue weighted by atomic mass is 35.5. The van der Waals surface area contributed by atoms with Gasteiger partial charge < -0.3 is 4.74 Å². The van der Waals surface area contributed by atoms with E-state index in [1.54, 1.807) is 39.0 Å². The van der Waals surface area contributed by atoms with Crippen LogP contribution in [0, 0.1) is 0 Å². The molecule has 1 aliphatic heterocycles. The van der Waals surface area contributed by atoms with Crippen molar-refractivity contribution < 1.29 is 22.1 Å². The Morgan fingerprint density at radius 2 is 2.00 bits per heavy atom. The number of ether oxygens (including phenoxy) is 1. The number of carbonyl (C=O) groups excluding carboxylic acids is 1. The number of hydrogen-bond donors (Lipinski definition) is 0. The second kappa shape index (κ2) is 6.47. The van der Waals surface area contributed by atoms with Gasteiger partial charge in [-0.3, -0.25) is 4.18 Å². The topological polar surface area (TPSA) is 72.9 Å². The van der Waals surface area contributed by atoms with Gasteiger partial charge in [-0.15, -0.1) is 0 Å². The maximum absolute atomic E-state index is 12.2. The Labute approximate surface area is 145 Å². The van der Waals surface area contributed by atoms with Crippen molar-refractivity contribution in [3.05, 3.63) is 33.8 Å². The highest BCUT2D eigenvalue weighted by Gasteiger charge is 2.44. The van der Waals surface area contributed by atoms with E-state index in [0.717, 1.165) is 5.56 Å². The lowest BCUT2D eigenvalue weighted by Gasteiger charge is -2.26. The van der Waals surface area contributed by atoms with Crippen molar-refractivity contribution in [2.75, 3.05) is 6.61 Å². The lowest BCUT2D eigenvalue weighted by atomic mass is 10.1. The van der Waals surface area contributed by atoms with Crippen molar-refractivity contribution in [3.63, 3.8) is 0 Å². The average molecular weight is 382 g/mol. The van der Waals surface area contributed by atoms with E-state index in [-0.39, 0.29) is 13.0 Å². The van der Waals surface area contributed by atoms with Crippen LogP contribution in [0.3, 0.4) is 0 Å². The lowest BCUT2D eigenvalue weighted by Crippen LogP contribution is -2.43. The molecular weight excluding hydrogens is 365 g/mol. The molecule has 0 spiro atoms. The minimum absolute atomic E-state index is 0.137. The number of amides is 1. The first-order valence-corrected chi connectivity index (χ1v) is 8.97. The highest BCUT2D eigenvalue weighted by Crippen LogP contribution is 2.27. The molecule has 1 aliphatic rings. The van der Waals surface area contributed by atoms with Crippen LogP contribution in [-0.2, 0) is 25.6 Å². The number of rotatable bonds is 2. The zero-order chi connectivity index (χ0) is 17.4. The summed E-state index contributed by atoms with van der Waals surface area (Å²) in [5, 5.41) is 0.754. The van der Waals surface area contributed by atoms with Gasteiger partial charge in [-0.2, -0.15) is 12.7 Å². The summed E-state index contributed by atoms with van der Waals surface area (Å²) in [4.78, 5) is 12.2. The van der Waals surface area contributed by atoms with Crippen LogP contribution in [0.4, 0.5) is 4.79 Å². The molecule has 0 aliphatic carbocycles. The molecule has 0 bridgehead atoms. The number of benzene rings is 1. The monoisotopic (exact) mass is 381 g/mol. The fourth-order valence-corrected chi connectivity index (χ4v) is 3.58. The van der Waals surface area contributed by atoms with Crippen molar-refractivity contribution in [3.8, 4) is 0 Å². The zero-order valence-corrected chi connectivity index (χ0v) is 15.2. The van der Waals surface area contributed by atoms with Gasteiger partial charge in [0.15, 0.2) is 0 Å². The largest absolute Gasteiger partial charge is 0.443 e. The van der Waals surface area contributed by atoms with Crippen LogP contribution in [0.2, 0.25) is 10.0 Å². The summed E-state index contributed by atoms with van der Waals surface area (Å²) in [5.74, 6) is 0. The Bertz CT molecular complexity index is 714. The highest BCUT2D eigenvalue weighted by molar-refractivity contribution is 7.85. The molecular formula is C14H17Cl2NO5S. The van der Waals surface area contributed by atoms with Gasteiger partial charge in [0.25, 0.3) is 0 Å². The first-order chi connectivity index (χ1) is 10.5. The van der Waals surface area contributed by atoms with Gasteiger partial charge in [0, 0.05) is 0 Å². The number of halogens is 2. The summed E-state index contributed by atoms with van der Waals surface area (Å²) in [5.41, 5.74) is -0.0813. The minimum Gasteiger partial charge on any atom is -0.443 e. The van der Waals surface area contributed by atoms with Crippen molar-refractivity contribution >= 4 is 39.6 Å². The summed E-state index contributed by atoms with van der Waals surface area (Å²) >= 11 is 11.8. The fraction of sp³-hybridized carbons (Fsp3) is 0.500. The van der Waals surface area contributed by atoms with Crippen LogP contribution in [0.15, 0.2) is 18.2 Å². The lowest BCUT2D eigenvalue weighted by molar-refractivity contribution is 0.0357. The van der Waals surface area contributed by atoms with E-state index in [4.69, 9.17) is 32.1 Å². The molecule has 1 saturated heterocycles. The van der Waals surface area contributed by atoms with Gasteiger partial charge in [-0.05, 0) is 44.9 Å². The molecule has 1 amide bonds. The van der Waals surface area contributed by atoms with E-state index in [2.05, 4.69) is 0 Å². The van der Waals surface area contributed by atoms with Crippen LogP contribution in [-0.4, -0.2) is 37.1 Å². The summed E-state index contributed by atoms with van der Waals surface area (Å²) in [7, 11) is -4.15. The predicted molar refractivity (Wildman–Crippen MR) is 86.9 cm³/mol. The van der Waals surface area contributed by atoms with Gasteiger partial charge in [-0.1, -0.05) is 29.3 Å². The standard InChI is InChI=1S/C14H17Cl2NO5S/c1-14(2,3)22-13(18)17-10(8-21-23(17,19)20)6-9-4-5-11(15)12(16)7-9/h4-5,7,10H,6,8H2,1-3H3/t10-/m0/s1. The Morgan fingerprint density at radius 3 is 2.57 bits per heavy atom. The molecule has 23 heavy (non-hydrogen) atoms. The molecule has 1 atom stereocenters. The smallest absolute Gasteiger partial charge is 0.426 e.